The number of rotatable bonds is 4. The van der Waals surface area contributed by atoms with E-state index in [0.29, 0.717) is 24.3 Å². The predicted octanol–water partition coefficient (Wildman–Crippen LogP) is 2.60. The maximum Gasteiger partial charge on any atom is 0.245 e. The van der Waals surface area contributed by atoms with Crippen molar-refractivity contribution < 1.29 is 13.2 Å². The molecule has 140 valence electrons. The zero-order valence-corrected chi connectivity index (χ0v) is 16.0. The van der Waals surface area contributed by atoms with Crippen LogP contribution in [-0.2, 0) is 14.8 Å². The molecule has 0 radical (unpaired) electrons. The fraction of sp³-hybridized carbons (Fsp3) is 0.278. The standard InChI is InChI=1S/C18H21N3O3S.ClH/c1-13-6-8-14(9-7-13)17(19)18(22)20-15-4-2-5-16(12-15)21-10-3-11-25(21,23)24;/h2,4-9,12,17H,3,10-11,19H2,1H3,(H,20,22);1H. The van der Waals surface area contributed by atoms with Crippen LogP contribution in [0.3, 0.4) is 0 Å². The van der Waals surface area contributed by atoms with Crippen LogP contribution >= 0.6 is 12.4 Å². The van der Waals surface area contributed by atoms with Crippen LogP contribution < -0.4 is 15.4 Å². The van der Waals surface area contributed by atoms with Crippen LogP contribution in [0.5, 0.6) is 0 Å². The average Bonchev–Trinajstić information content (AvgIpc) is 2.94. The Morgan fingerprint density at radius 3 is 2.50 bits per heavy atom. The molecular formula is C18H22ClN3O3S. The normalized spacial score (nSPS) is 16.6. The quantitative estimate of drug-likeness (QED) is 0.832. The van der Waals surface area contributed by atoms with E-state index in [9.17, 15) is 13.2 Å². The first-order chi connectivity index (χ1) is 11.9. The smallest absolute Gasteiger partial charge is 0.245 e. The Hall–Kier alpha value is -2.09. The molecule has 6 nitrogen and oxygen atoms in total. The van der Waals surface area contributed by atoms with Crippen molar-refractivity contribution in [2.75, 3.05) is 21.9 Å². The highest BCUT2D eigenvalue weighted by molar-refractivity contribution is 7.93. The Morgan fingerprint density at radius 1 is 1.19 bits per heavy atom. The van der Waals surface area contributed by atoms with Gasteiger partial charge in [0.1, 0.15) is 6.04 Å². The van der Waals surface area contributed by atoms with Gasteiger partial charge in [-0.1, -0.05) is 35.9 Å². The molecule has 1 aliphatic rings. The zero-order chi connectivity index (χ0) is 18.0. The maximum absolute atomic E-state index is 12.4. The van der Waals surface area contributed by atoms with Gasteiger partial charge in [-0.25, -0.2) is 8.42 Å². The lowest BCUT2D eigenvalue weighted by Gasteiger charge is -2.18. The SMILES string of the molecule is Cc1ccc(C(N)C(=O)Nc2cccc(N3CCCS3(=O)=O)c2)cc1.Cl. The minimum absolute atomic E-state index is 0. The van der Waals surface area contributed by atoms with Gasteiger partial charge in [-0.05, 0) is 37.1 Å². The first-order valence-corrected chi connectivity index (χ1v) is 9.71. The molecule has 3 rings (SSSR count). The molecule has 1 fully saturated rings. The number of sulfonamides is 1. The molecule has 0 aromatic heterocycles. The van der Waals surface area contributed by atoms with Crippen LogP contribution in [0.1, 0.15) is 23.6 Å². The monoisotopic (exact) mass is 395 g/mol. The van der Waals surface area contributed by atoms with E-state index in [4.69, 9.17) is 5.73 Å². The van der Waals surface area contributed by atoms with Crippen LogP contribution in [0.4, 0.5) is 11.4 Å². The molecule has 2 aromatic rings. The van der Waals surface area contributed by atoms with E-state index in [1.54, 1.807) is 24.3 Å². The third-order valence-electron chi connectivity index (χ3n) is 4.22. The second-order valence-corrected chi connectivity index (χ2v) is 8.18. The number of hydrogen-bond acceptors (Lipinski definition) is 4. The van der Waals surface area contributed by atoms with Gasteiger partial charge in [-0.15, -0.1) is 12.4 Å². The molecule has 2 aromatic carbocycles. The van der Waals surface area contributed by atoms with Gasteiger partial charge in [0.05, 0.1) is 11.4 Å². The molecule has 0 spiro atoms. The number of amides is 1. The summed E-state index contributed by atoms with van der Waals surface area (Å²) in [6, 6.07) is 13.5. The second kappa shape index (κ2) is 8.07. The Bertz CT molecular complexity index is 885. The summed E-state index contributed by atoms with van der Waals surface area (Å²) < 4.78 is 25.4. The molecule has 0 bridgehead atoms. The van der Waals surface area contributed by atoms with E-state index in [0.717, 1.165) is 11.1 Å². The second-order valence-electron chi connectivity index (χ2n) is 6.17. The number of nitrogens with zero attached hydrogens (tertiary/aromatic N) is 1. The van der Waals surface area contributed by atoms with Crippen LogP contribution in [0.2, 0.25) is 0 Å². The predicted molar refractivity (Wildman–Crippen MR) is 106 cm³/mol. The van der Waals surface area contributed by atoms with Crippen LogP contribution in [0, 0.1) is 6.92 Å². The molecule has 1 amide bonds. The highest BCUT2D eigenvalue weighted by Gasteiger charge is 2.28. The molecule has 8 heteroatoms. The first-order valence-electron chi connectivity index (χ1n) is 8.10. The Kier molecular flexibility index (Phi) is 6.28. The largest absolute Gasteiger partial charge is 0.324 e. The van der Waals surface area contributed by atoms with E-state index in [-0.39, 0.29) is 24.1 Å². The number of hydrogen-bond donors (Lipinski definition) is 2. The van der Waals surface area contributed by atoms with Gasteiger partial charge < -0.3 is 11.1 Å². The molecule has 1 aliphatic heterocycles. The van der Waals surface area contributed by atoms with Crippen molar-refractivity contribution in [3.05, 3.63) is 59.7 Å². The maximum atomic E-state index is 12.4. The number of halogens is 1. The van der Waals surface area contributed by atoms with E-state index in [1.165, 1.54) is 4.31 Å². The topological polar surface area (TPSA) is 92.5 Å². The van der Waals surface area contributed by atoms with Gasteiger partial charge in [-0.2, -0.15) is 0 Å². The molecule has 26 heavy (non-hydrogen) atoms. The van der Waals surface area contributed by atoms with E-state index >= 15 is 0 Å². The molecular weight excluding hydrogens is 374 g/mol. The Labute approximate surface area is 159 Å². The summed E-state index contributed by atoms with van der Waals surface area (Å²) in [5.41, 5.74) is 8.91. The number of carbonyl (C=O) groups excluding carboxylic acids is 1. The van der Waals surface area contributed by atoms with E-state index in [2.05, 4.69) is 5.32 Å². The summed E-state index contributed by atoms with van der Waals surface area (Å²) in [5, 5.41) is 2.76. The van der Waals surface area contributed by atoms with Crippen molar-refractivity contribution in [2.45, 2.75) is 19.4 Å². The van der Waals surface area contributed by atoms with E-state index in [1.807, 2.05) is 31.2 Å². The Morgan fingerprint density at radius 2 is 1.88 bits per heavy atom. The highest BCUT2D eigenvalue weighted by atomic mass is 35.5. The molecule has 0 saturated carbocycles. The minimum Gasteiger partial charge on any atom is -0.324 e. The number of aryl methyl sites for hydroxylation is 1. The first kappa shape index (κ1) is 20.2. The van der Waals surface area contributed by atoms with Gasteiger partial charge in [0.25, 0.3) is 0 Å². The van der Waals surface area contributed by atoms with Crippen LogP contribution in [0.15, 0.2) is 48.5 Å². The van der Waals surface area contributed by atoms with Crippen molar-refractivity contribution in [3.63, 3.8) is 0 Å². The van der Waals surface area contributed by atoms with Gasteiger partial charge in [0.15, 0.2) is 0 Å². The van der Waals surface area contributed by atoms with Crippen molar-refractivity contribution in [1.29, 1.82) is 0 Å². The van der Waals surface area contributed by atoms with Gasteiger partial charge in [0, 0.05) is 12.2 Å². The van der Waals surface area contributed by atoms with Crippen LogP contribution in [0.25, 0.3) is 0 Å². The zero-order valence-electron chi connectivity index (χ0n) is 14.4. The number of carbonyl (C=O) groups is 1. The molecule has 1 heterocycles. The molecule has 1 saturated heterocycles. The Balaban J connectivity index is 0.00000243. The van der Waals surface area contributed by atoms with Crippen molar-refractivity contribution >= 4 is 39.7 Å². The van der Waals surface area contributed by atoms with Crippen molar-refractivity contribution in [2.24, 2.45) is 5.73 Å². The molecule has 3 N–H and O–H groups in total. The molecule has 1 unspecified atom stereocenters. The van der Waals surface area contributed by atoms with Gasteiger partial charge in [-0.3, -0.25) is 9.10 Å². The highest BCUT2D eigenvalue weighted by Crippen LogP contribution is 2.26. The van der Waals surface area contributed by atoms with Crippen LogP contribution in [-0.4, -0.2) is 26.6 Å². The lowest BCUT2D eigenvalue weighted by Crippen LogP contribution is -2.28. The average molecular weight is 396 g/mol. The lowest BCUT2D eigenvalue weighted by molar-refractivity contribution is -0.117. The number of nitrogens with one attached hydrogen (secondary N) is 1. The van der Waals surface area contributed by atoms with Gasteiger partial charge >= 0.3 is 0 Å². The summed E-state index contributed by atoms with van der Waals surface area (Å²) in [4.78, 5) is 12.4. The number of benzene rings is 2. The molecule has 0 aliphatic carbocycles. The minimum atomic E-state index is -3.25. The summed E-state index contributed by atoms with van der Waals surface area (Å²) in [6.45, 7) is 2.43. The third kappa shape index (κ3) is 4.35. The fourth-order valence-corrected chi connectivity index (χ4v) is 4.37. The number of nitrogens with two attached hydrogens (primary N) is 1. The number of anilines is 2. The summed E-state index contributed by atoms with van der Waals surface area (Å²) in [7, 11) is -3.25. The van der Waals surface area contributed by atoms with Crippen molar-refractivity contribution in [1.82, 2.24) is 0 Å². The summed E-state index contributed by atoms with van der Waals surface area (Å²) in [5.74, 6) is -0.188. The van der Waals surface area contributed by atoms with Gasteiger partial charge in [0.2, 0.25) is 15.9 Å². The van der Waals surface area contributed by atoms with E-state index < -0.39 is 16.1 Å². The third-order valence-corrected chi connectivity index (χ3v) is 6.09. The molecule has 1 atom stereocenters. The lowest BCUT2D eigenvalue weighted by atomic mass is 10.1. The van der Waals surface area contributed by atoms with Crippen molar-refractivity contribution in [3.8, 4) is 0 Å². The fourth-order valence-electron chi connectivity index (χ4n) is 2.81. The summed E-state index contributed by atoms with van der Waals surface area (Å²) in [6.07, 6.45) is 0.608. The summed E-state index contributed by atoms with van der Waals surface area (Å²) >= 11 is 0.